The molecular weight excluding hydrogens is 322 g/mol. The lowest BCUT2D eigenvalue weighted by atomic mass is 9.97. The van der Waals surface area contributed by atoms with E-state index < -0.39 is 5.97 Å². The zero-order chi connectivity index (χ0) is 18.1. The van der Waals surface area contributed by atoms with Crippen molar-refractivity contribution in [2.45, 2.75) is 51.0 Å². The van der Waals surface area contributed by atoms with Crippen LogP contribution in [0.3, 0.4) is 0 Å². The highest BCUT2D eigenvalue weighted by molar-refractivity contribution is 5.94. The Labute approximate surface area is 148 Å². The molecule has 1 fully saturated rings. The first-order valence-corrected chi connectivity index (χ1v) is 8.82. The third-order valence-electron chi connectivity index (χ3n) is 4.43. The molecule has 0 atom stereocenters. The zero-order valence-corrected chi connectivity index (χ0v) is 15.0. The molecule has 138 valence electrons. The highest BCUT2D eigenvalue weighted by atomic mass is 16.5. The Morgan fingerprint density at radius 3 is 2.36 bits per heavy atom. The van der Waals surface area contributed by atoms with E-state index in [0.29, 0.717) is 11.5 Å². The fourth-order valence-electron chi connectivity index (χ4n) is 3.05. The van der Waals surface area contributed by atoms with Crippen molar-refractivity contribution in [2.75, 3.05) is 20.8 Å². The molecule has 0 unspecified atom stereocenters. The molecule has 0 radical (unpaired) electrons. The van der Waals surface area contributed by atoms with E-state index in [2.05, 4.69) is 5.32 Å². The topological polar surface area (TPSA) is 73.9 Å². The molecule has 0 heterocycles. The van der Waals surface area contributed by atoms with Crippen molar-refractivity contribution in [2.24, 2.45) is 0 Å². The SMILES string of the molecule is COc1ccc(C(=O)OCC(=O)NC2CCCCCCC2)c(OC)c1. The second kappa shape index (κ2) is 9.91. The first-order chi connectivity index (χ1) is 12.1. The Bertz CT molecular complexity index is 579. The summed E-state index contributed by atoms with van der Waals surface area (Å²) in [4.78, 5) is 24.3. The monoisotopic (exact) mass is 349 g/mol. The third kappa shape index (κ3) is 5.96. The number of ether oxygens (including phenoxy) is 3. The normalized spacial score (nSPS) is 15.6. The molecule has 1 aromatic rings. The first kappa shape index (κ1) is 19.1. The maximum Gasteiger partial charge on any atom is 0.342 e. The van der Waals surface area contributed by atoms with Gasteiger partial charge in [-0.15, -0.1) is 0 Å². The number of benzene rings is 1. The van der Waals surface area contributed by atoms with Crippen molar-refractivity contribution in [1.82, 2.24) is 5.32 Å². The smallest absolute Gasteiger partial charge is 0.342 e. The lowest BCUT2D eigenvalue weighted by Gasteiger charge is -2.21. The van der Waals surface area contributed by atoms with Gasteiger partial charge in [0.1, 0.15) is 17.1 Å². The van der Waals surface area contributed by atoms with E-state index in [1.165, 1.54) is 33.5 Å². The van der Waals surface area contributed by atoms with Gasteiger partial charge in [0.05, 0.1) is 14.2 Å². The fraction of sp³-hybridized carbons (Fsp3) is 0.579. The second-order valence-corrected chi connectivity index (χ2v) is 6.25. The molecule has 1 saturated carbocycles. The molecule has 1 N–H and O–H groups in total. The molecule has 6 nitrogen and oxygen atoms in total. The maximum atomic E-state index is 12.2. The molecule has 0 bridgehead atoms. The Morgan fingerprint density at radius 1 is 1.04 bits per heavy atom. The molecule has 2 rings (SSSR count). The van der Waals surface area contributed by atoms with Crippen LogP contribution in [0.4, 0.5) is 0 Å². The van der Waals surface area contributed by atoms with Crippen LogP contribution in [0.2, 0.25) is 0 Å². The number of amides is 1. The van der Waals surface area contributed by atoms with E-state index in [0.717, 1.165) is 25.7 Å². The zero-order valence-electron chi connectivity index (χ0n) is 15.0. The van der Waals surface area contributed by atoms with Crippen molar-refractivity contribution in [3.63, 3.8) is 0 Å². The Kier molecular flexibility index (Phi) is 7.57. The van der Waals surface area contributed by atoms with Gasteiger partial charge in [-0.2, -0.15) is 0 Å². The van der Waals surface area contributed by atoms with E-state index in [9.17, 15) is 9.59 Å². The van der Waals surface area contributed by atoms with Crippen LogP contribution in [0.1, 0.15) is 55.3 Å². The van der Waals surface area contributed by atoms with Gasteiger partial charge < -0.3 is 19.5 Å². The first-order valence-electron chi connectivity index (χ1n) is 8.82. The second-order valence-electron chi connectivity index (χ2n) is 6.25. The highest BCUT2D eigenvalue weighted by Gasteiger charge is 2.18. The van der Waals surface area contributed by atoms with Crippen molar-refractivity contribution in [3.05, 3.63) is 23.8 Å². The molecule has 1 aliphatic carbocycles. The van der Waals surface area contributed by atoms with Gasteiger partial charge in [-0.1, -0.05) is 32.1 Å². The van der Waals surface area contributed by atoms with Crippen LogP contribution < -0.4 is 14.8 Å². The minimum Gasteiger partial charge on any atom is -0.497 e. The van der Waals surface area contributed by atoms with Crippen LogP contribution in [-0.4, -0.2) is 38.7 Å². The van der Waals surface area contributed by atoms with Gasteiger partial charge in [0, 0.05) is 12.1 Å². The molecule has 25 heavy (non-hydrogen) atoms. The molecule has 1 aliphatic rings. The quantitative estimate of drug-likeness (QED) is 0.799. The Balaban J connectivity index is 1.85. The summed E-state index contributed by atoms with van der Waals surface area (Å²) in [7, 11) is 3.00. The van der Waals surface area contributed by atoms with Crippen LogP contribution in [0.5, 0.6) is 11.5 Å². The maximum absolute atomic E-state index is 12.2. The molecule has 0 aromatic heterocycles. The summed E-state index contributed by atoms with van der Waals surface area (Å²) in [6, 6.07) is 4.99. The summed E-state index contributed by atoms with van der Waals surface area (Å²) in [5, 5.41) is 2.97. The number of carbonyl (C=O) groups is 2. The van der Waals surface area contributed by atoms with Gasteiger partial charge in [0.15, 0.2) is 6.61 Å². The molecule has 0 aliphatic heterocycles. The number of carbonyl (C=O) groups excluding carboxylic acids is 2. The van der Waals surface area contributed by atoms with E-state index in [4.69, 9.17) is 14.2 Å². The van der Waals surface area contributed by atoms with Crippen LogP contribution >= 0.6 is 0 Å². The van der Waals surface area contributed by atoms with Crippen molar-refractivity contribution < 1.29 is 23.8 Å². The number of nitrogens with one attached hydrogen (secondary N) is 1. The molecule has 1 aromatic carbocycles. The van der Waals surface area contributed by atoms with Gasteiger partial charge in [-0.25, -0.2) is 4.79 Å². The third-order valence-corrected chi connectivity index (χ3v) is 4.43. The largest absolute Gasteiger partial charge is 0.497 e. The Hall–Kier alpha value is -2.24. The van der Waals surface area contributed by atoms with E-state index in [1.807, 2.05) is 0 Å². The summed E-state index contributed by atoms with van der Waals surface area (Å²) < 4.78 is 15.4. The van der Waals surface area contributed by atoms with Crippen LogP contribution in [0.15, 0.2) is 18.2 Å². The van der Waals surface area contributed by atoms with Gasteiger partial charge >= 0.3 is 5.97 Å². The van der Waals surface area contributed by atoms with Gasteiger partial charge in [-0.05, 0) is 25.0 Å². The minimum absolute atomic E-state index is 0.182. The lowest BCUT2D eigenvalue weighted by Crippen LogP contribution is -2.38. The number of hydrogen-bond acceptors (Lipinski definition) is 5. The molecule has 6 heteroatoms. The average molecular weight is 349 g/mol. The highest BCUT2D eigenvalue weighted by Crippen LogP contribution is 2.25. The van der Waals surface area contributed by atoms with Crippen LogP contribution in [0.25, 0.3) is 0 Å². The van der Waals surface area contributed by atoms with Crippen molar-refractivity contribution in [1.29, 1.82) is 0 Å². The predicted octanol–water partition coefficient (Wildman–Crippen LogP) is 3.09. The van der Waals surface area contributed by atoms with Gasteiger partial charge in [0.2, 0.25) is 0 Å². The average Bonchev–Trinajstić information content (AvgIpc) is 2.61. The number of esters is 1. The summed E-state index contributed by atoms with van der Waals surface area (Å²) in [5.74, 6) is 0.0823. The van der Waals surface area contributed by atoms with E-state index >= 15 is 0 Å². The molecule has 0 spiro atoms. The summed E-state index contributed by atoms with van der Waals surface area (Å²) in [6.07, 6.45) is 7.97. The lowest BCUT2D eigenvalue weighted by molar-refractivity contribution is -0.125. The van der Waals surface area contributed by atoms with Crippen molar-refractivity contribution >= 4 is 11.9 Å². The van der Waals surface area contributed by atoms with Gasteiger partial charge in [0.25, 0.3) is 5.91 Å². The van der Waals surface area contributed by atoms with Crippen LogP contribution in [-0.2, 0) is 9.53 Å². The summed E-state index contributed by atoms with van der Waals surface area (Å²) in [6.45, 7) is -0.287. The van der Waals surface area contributed by atoms with Gasteiger partial charge in [-0.3, -0.25) is 4.79 Å². The van der Waals surface area contributed by atoms with Crippen LogP contribution in [0, 0.1) is 0 Å². The summed E-state index contributed by atoms with van der Waals surface area (Å²) in [5.41, 5.74) is 0.266. The minimum atomic E-state index is -0.590. The Morgan fingerprint density at radius 2 is 1.72 bits per heavy atom. The summed E-state index contributed by atoms with van der Waals surface area (Å²) >= 11 is 0. The number of hydrogen-bond donors (Lipinski definition) is 1. The molecule has 0 saturated heterocycles. The van der Waals surface area contributed by atoms with E-state index in [1.54, 1.807) is 18.2 Å². The number of methoxy groups -OCH3 is 2. The predicted molar refractivity (Wildman–Crippen MR) is 94.1 cm³/mol. The van der Waals surface area contributed by atoms with Crippen molar-refractivity contribution in [3.8, 4) is 11.5 Å². The van der Waals surface area contributed by atoms with E-state index in [-0.39, 0.29) is 24.1 Å². The molecule has 1 amide bonds. The fourth-order valence-corrected chi connectivity index (χ4v) is 3.05. The standard InChI is InChI=1S/C19H27NO5/c1-23-15-10-11-16(17(12-15)24-2)19(22)25-13-18(21)20-14-8-6-4-3-5-7-9-14/h10-12,14H,3-9,13H2,1-2H3,(H,20,21). The molecular formula is C19H27NO5. The number of rotatable bonds is 6.